The van der Waals surface area contributed by atoms with E-state index in [-0.39, 0.29) is 23.1 Å². The summed E-state index contributed by atoms with van der Waals surface area (Å²) in [7, 11) is -2.05. The molecule has 0 saturated heterocycles. The zero-order valence-electron chi connectivity index (χ0n) is 17.2. The van der Waals surface area contributed by atoms with Crippen molar-refractivity contribution in [1.29, 1.82) is 0 Å². The van der Waals surface area contributed by atoms with Gasteiger partial charge in [0.2, 0.25) is 10.0 Å². The zero-order chi connectivity index (χ0) is 21.6. The van der Waals surface area contributed by atoms with E-state index in [0.717, 1.165) is 16.7 Å². The van der Waals surface area contributed by atoms with Crippen molar-refractivity contribution >= 4 is 15.8 Å². The molecule has 0 spiro atoms. The molecule has 1 aromatic heterocycles. The third-order valence-electron chi connectivity index (χ3n) is 5.24. The fourth-order valence-electron chi connectivity index (χ4n) is 3.24. The number of aryl methyl sites for hydroxylation is 1. The number of sulfonamides is 1. The summed E-state index contributed by atoms with van der Waals surface area (Å²) in [6.45, 7) is 1.86. The van der Waals surface area contributed by atoms with Crippen molar-refractivity contribution in [2.24, 2.45) is 0 Å². The fourth-order valence-corrected chi connectivity index (χ4v) is 4.59. The lowest BCUT2D eigenvalue weighted by Crippen LogP contribution is -2.29. The molecule has 1 atom stereocenters. The molecule has 30 heavy (non-hydrogen) atoms. The van der Waals surface area contributed by atoms with E-state index in [1.54, 1.807) is 43.7 Å². The molecule has 0 unspecified atom stereocenters. The van der Waals surface area contributed by atoms with Crippen LogP contribution < -0.4 is 0 Å². The minimum Gasteiger partial charge on any atom is -0.299 e. The highest BCUT2D eigenvalue weighted by Gasteiger charge is 2.26. The number of benzene rings is 2. The first kappa shape index (κ1) is 21.9. The molecule has 6 heteroatoms. The Morgan fingerprint density at radius 2 is 1.67 bits per heavy atom. The molecule has 0 aliphatic rings. The minimum atomic E-state index is -3.64. The maximum Gasteiger partial charge on any atom is 0.243 e. The van der Waals surface area contributed by atoms with E-state index in [1.165, 1.54) is 4.31 Å². The van der Waals surface area contributed by atoms with Gasteiger partial charge in [-0.25, -0.2) is 8.42 Å². The van der Waals surface area contributed by atoms with Gasteiger partial charge in [0.1, 0.15) is 5.78 Å². The molecule has 156 valence electrons. The summed E-state index contributed by atoms with van der Waals surface area (Å²) in [5.41, 5.74) is 2.77. The Kier molecular flexibility index (Phi) is 7.13. The van der Waals surface area contributed by atoms with E-state index in [9.17, 15) is 13.2 Å². The van der Waals surface area contributed by atoms with Crippen LogP contribution in [0.4, 0.5) is 0 Å². The lowest BCUT2D eigenvalue weighted by Gasteiger charge is -2.24. The molecular weight excluding hydrogens is 396 g/mol. The molecular formula is C24H26N2O3S. The molecule has 1 heterocycles. The van der Waals surface area contributed by atoms with Crippen molar-refractivity contribution in [2.45, 2.75) is 37.1 Å². The molecule has 2 aromatic carbocycles. The smallest absolute Gasteiger partial charge is 0.243 e. The topological polar surface area (TPSA) is 67.3 Å². The van der Waals surface area contributed by atoms with Crippen molar-refractivity contribution in [3.05, 3.63) is 95.8 Å². The first-order chi connectivity index (χ1) is 14.4. The molecule has 0 N–H and O–H groups in total. The standard InChI is InChI=1S/C24H26N2O3S/c1-19(22-8-4-3-5-9-22)26(2)30(28,29)24-14-11-20(12-15-24)17-23(27)13-10-21-7-6-16-25-18-21/h3-9,11-12,14-16,18-19H,10,13,17H2,1-2H3/t19-/m0/s1. The van der Waals surface area contributed by atoms with E-state index in [0.29, 0.717) is 12.8 Å². The van der Waals surface area contributed by atoms with Crippen molar-refractivity contribution in [1.82, 2.24) is 9.29 Å². The Hall–Kier alpha value is -2.83. The number of hydrogen-bond acceptors (Lipinski definition) is 4. The first-order valence-corrected chi connectivity index (χ1v) is 11.3. The van der Waals surface area contributed by atoms with Gasteiger partial charge in [-0.3, -0.25) is 9.78 Å². The van der Waals surface area contributed by atoms with Crippen LogP contribution in [0.3, 0.4) is 0 Å². The molecule has 3 aromatic rings. The van der Waals surface area contributed by atoms with Crippen molar-refractivity contribution in [2.75, 3.05) is 7.05 Å². The fraction of sp³-hybridized carbons (Fsp3) is 0.250. The summed E-state index contributed by atoms with van der Waals surface area (Å²) >= 11 is 0. The number of carbonyl (C=O) groups is 1. The van der Waals surface area contributed by atoms with E-state index < -0.39 is 10.0 Å². The number of Topliss-reactive ketones (excluding diaryl/α,β-unsaturated/α-hetero) is 1. The monoisotopic (exact) mass is 422 g/mol. The van der Waals surface area contributed by atoms with Gasteiger partial charge in [-0.05, 0) is 48.2 Å². The number of carbonyl (C=O) groups excluding carboxylic acids is 1. The summed E-state index contributed by atoms with van der Waals surface area (Å²) < 4.78 is 27.4. The largest absolute Gasteiger partial charge is 0.299 e. The molecule has 3 rings (SSSR count). The highest BCUT2D eigenvalue weighted by atomic mass is 32.2. The average Bonchev–Trinajstić information content (AvgIpc) is 2.78. The van der Waals surface area contributed by atoms with Crippen LogP contribution in [0.15, 0.2) is 84.0 Å². The predicted octanol–water partition coefficient (Wildman–Crippen LogP) is 4.21. The van der Waals surface area contributed by atoms with E-state index in [4.69, 9.17) is 0 Å². The molecule has 0 radical (unpaired) electrons. The second kappa shape index (κ2) is 9.78. The van der Waals surface area contributed by atoms with Crippen LogP contribution in [0.2, 0.25) is 0 Å². The molecule has 0 saturated carbocycles. The quantitative estimate of drug-likeness (QED) is 0.518. The average molecular weight is 423 g/mol. The SMILES string of the molecule is C[C@@H](c1ccccc1)N(C)S(=O)(=O)c1ccc(CC(=O)CCc2cccnc2)cc1. The van der Waals surface area contributed by atoms with Gasteiger partial charge in [-0.1, -0.05) is 48.5 Å². The van der Waals surface area contributed by atoms with E-state index in [1.807, 2.05) is 49.4 Å². The van der Waals surface area contributed by atoms with Crippen LogP contribution in [0.5, 0.6) is 0 Å². The summed E-state index contributed by atoms with van der Waals surface area (Å²) in [5.74, 6) is 0.115. The van der Waals surface area contributed by atoms with Crippen LogP contribution in [0.25, 0.3) is 0 Å². The number of pyridine rings is 1. The van der Waals surface area contributed by atoms with Crippen LogP contribution >= 0.6 is 0 Å². The van der Waals surface area contributed by atoms with Gasteiger partial charge in [0.05, 0.1) is 4.90 Å². The normalized spacial score (nSPS) is 12.6. The molecule has 5 nitrogen and oxygen atoms in total. The second-order valence-corrected chi connectivity index (χ2v) is 9.33. The van der Waals surface area contributed by atoms with Crippen molar-refractivity contribution in [3.8, 4) is 0 Å². The second-order valence-electron chi connectivity index (χ2n) is 7.33. The van der Waals surface area contributed by atoms with Gasteiger partial charge in [0.15, 0.2) is 0 Å². The molecule has 0 amide bonds. The molecule has 0 aliphatic carbocycles. The van der Waals surface area contributed by atoms with Gasteiger partial charge in [-0.15, -0.1) is 0 Å². The third kappa shape index (κ3) is 5.40. The highest BCUT2D eigenvalue weighted by molar-refractivity contribution is 7.89. The van der Waals surface area contributed by atoms with Crippen LogP contribution in [-0.4, -0.2) is 30.5 Å². The third-order valence-corrected chi connectivity index (χ3v) is 7.19. The molecule has 0 aliphatic heterocycles. The lowest BCUT2D eigenvalue weighted by atomic mass is 10.0. The molecule has 0 bridgehead atoms. The minimum absolute atomic E-state index is 0.115. The van der Waals surface area contributed by atoms with Crippen LogP contribution in [0.1, 0.15) is 36.1 Å². The van der Waals surface area contributed by atoms with Gasteiger partial charge >= 0.3 is 0 Å². The van der Waals surface area contributed by atoms with E-state index >= 15 is 0 Å². The number of nitrogens with zero attached hydrogens (tertiary/aromatic N) is 2. The Morgan fingerprint density at radius 1 is 0.967 bits per heavy atom. The molecule has 0 fully saturated rings. The number of aromatic nitrogens is 1. The number of rotatable bonds is 9. The number of hydrogen-bond donors (Lipinski definition) is 0. The number of ketones is 1. The Bertz CT molecular complexity index is 1070. The lowest BCUT2D eigenvalue weighted by molar-refractivity contribution is -0.118. The van der Waals surface area contributed by atoms with Crippen LogP contribution in [0, 0.1) is 0 Å². The van der Waals surface area contributed by atoms with Crippen LogP contribution in [-0.2, 0) is 27.7 Å². The summed E-state index contributed by atoms with van der Waals surface area (Å²) in [4.78, 5) is 16.5. The van der Waals surface area contributed by atoms with Gasteiger partial charge < -0.3 is 0 Å². The van der Waals surface area contributed by atoms with Crippen molar-refractivity contribution < 1.29 is 13.2 Å². The zero-order valence-corrected chi connectivity index (χ0v) is 18.0. The first-order valence-electron chi connectivity index (χ1n) is 9.90. The highest BCUT2D eigenvalue weighted by Crippen LogP contribution is 2.25. The summed E-state index contributed by atoms with van der Waals surface area (Å²) in [5, 5.41) is 0. The van der Waals surface area contributed by atoms with Crippen molar-refractivity contribution in [3.63, 3.8) is 0 Å². The van der Waals surface area contributed by atoms with E-state index in [2.05, 4.69) is 4.98 Å². The summed E-state index contributed by atoms with van der Waals surface area (Å²) in [6.07, 6.45) is 4.85. The van der Waals surface area contributed by atoms with Gasteiger partial charge in [0.25, 0.3) is 0 Å². The summed E-state index contributed by atoms with van der Waals surface area (Å²) in [6, 6.07) is 19.6. The van der Waals surface area contributed by atoms with Gasteiger partial charge in [-0.2, -0.15) is 4.31 Å². The maximum absolute atomic E-state index is 13.0. The van der Waals surface area contributed by atoms with Gasteiger partial charge in [0, 0.05) is 38.3 Å². The predicted molar refractivity (Wildman–Crippen MR) is 118 cm³/mol. The Balaban J connectivity index is 1.63. The maximum atomic E-state index is 13.0. The Morgan fingerprint density at radius 3 is 2.30 bits per heavy atom. The Labute approximate surface area is 178 Å².